The summed E-state index contributed by atoms with van der Waals surface area (Å²) in [6.45, 7) is 3.72. The maximum absolute atomic E-state index is 12.7. The van der Waals surface area contributed by atoms with Crippen LogP contribution in [0.15, 0.2) is 70.0 Å². The van der Waals surface area contributed by atoms with Gasteiger partial charge >= 0.3 is 0 Å². The fraction of sp³-hybridized carbons (Fsp3) is 0.160. The number of hydrogen-bond acceptors (Lipinski definition) is 7. The average Bonchev–Trinajstić information content (AvgIpc) is 3.40. The van der Waals surface area contributed by atoms with E-state index in [1.54, 1.807) is 36.4 Å². The highest BCUT2D eigenvalue weighted by Crippen LogP contribution is 2.33. The highest BCUT2D eigenvalue weighted by atomic mass is 32.2. The van der Waals surface area contributed by atoms with Crippen LogP contribution in [0.5, 0.6) is 0 Å². The quantitative estimate of drug-likeness (QED) is 0.257. The lowest BCUT2D eigenvalue weighted by atomic mass is 10.0. The number of imide groups is 1. The molecule has 0 saturated carbocycles. The monoisotopic (exact) mass is 491 g/mol. The van der Waals surface area contributed by atoms with Crippen LogP contribution < -0.4 is 5.32 Å². The Morgan fingerprint density at radius 1 is 1.14 bits per heavy atom. The van der Waals surface area contributed by atoms with Gasteiger partial charge in [0.15, 0.2) is 0 Å². The van der Waals surface area contributed by atoms with Crippen molar-refractivity contribution in [2.75, 3.05) is 11.9 Å². The summed E-state index contributed by atoms with van der Waals surface area (Å²) in [4.78, 5) is 49.0. The molecule has 3 aromatic rings. The van der Waals surface area contributed by atoms with Crippen molar-refractivity contribution >= 4 is 46.3 Å². The van der Waals surface area contributed by atoms with Crippen LogP contribution in [0.25, 0.3) is 17.4 Å². The van der Waals surface area contributed by atoms with Gasteiger partial charge in [0, 0.05) is 29.5 Å². The first kappa shape index (κ1) is 24.0. The first-order valence-electron chi connectivity index (χ1n) is 10.7. The third-order valence-electron chi connectivity index (χ3n) is 5.28. The molecular weight excluding hydrogens is 470 g/mol. The van der Waals surface area contributed by atoms with Gasteiger partial charge in [-0.1, -0.05) is 38.1 Å². The number of thioether (sulfide) groups is 1. The predicted molar refractivity (Wildman–Crippen MR) is 133 cm³/mol. The van der Waals surface area contributed by atoms with E-state index >= 15 is 0 Å². The number of nitrogens with zero attached hydrogens (tertiary/aromatic N) is 2. The molecule has 1 saturated heterocycles. The molecule has 0 radical (unpaired) electrons. The first-order chi connectivity index (χ1) is 16.7. The summed E-state index contributed by atoms with van der Waals surface area (Å²) in [5.41, 5.74) is 2.14. The Morgan fingerprint density at radius 2 is 1.89 bits per heavy atom. The Balaban J connectivity index is 1.43. The van der Waals surface area contributed by atoms with Gasteiger partial charge in [-0.3, -0.25) is 29.4 Å². The number of carbonyl (C=O) groups excluding carboxylic acids is 3. The number of anilines is 1. The summed E-state index contributed by atoms with van der Waals surface area (Å²) in [5.74, 6) is -0.0533. The third kappa shape index (κ3) is 5.49. The van der Waals surface area contributed by atoms with Gasteiger partial charge in [-0.15, -0.1) is 0 Å². The molecule has 0 bridgehead atoms. The molecule has 0 unspecified atom stereocenters. The lowest BCUT2D eigenvalue weighted by molar-refractivity contribution is -0.384. The molecule has 4 rings (SSSR count). The van der Waals surface area contributed by atoms with Crippen LogP contribution in [0.3, 0.4) is 0 Å². The second-order valence-corrected chi connectivity index (χ2v) is 9.10. The molecule has 178 valence electrons. The van der Waals surface area contributed by atoms with Crippen molar-refractivity contribution in [2.24, 2.45) is 0 Å². The second kappa shape index (κ2) is 9.98. The lowest BCUT2D eigenvalue weighted by Gasteiger charge is -2.13. The van der Waals surface area contributed by atoms with Crippen LogP contribution in [-0.4, -0.2) is 33.4 Å². The molecule has 9 nitrogen and oxygen atoms in total. The molecule has 0 spiro atoms. The number of non-ortho nitro benzene ring substituents is 1. The molecule has 2 aromatic carbocycles. The molecule has 1 aliphatic rings. The van der Waals surface area contributed by atoms with Gasteiger partial charge in [0.05, 0.1) is 9.83 Å². The van der Waals surface area contributed by atoms with E-state index in [-0.39, 0.29) is 10.6 Å². The minimum absolute atomic E-state index is 0.0734. The lowest BCUT2D eigenvalue weighted by Crippen LogP contribution is -2.36. The van der Waals surface area contributed by atoms with Gasteiger partial charge in [-0.25, -0.2) is 0 Å². The van der Waals surface area contributed by atoms with E-state index in [2.05, 4.69) is 19.2 Å². The summed E-state index contributed by atoms with van der Waals surface area (Å²) in [6, 6.07) is 16.5. The summed E-state index contributed by atoms with van der Waals surface area (Å²) >= 11 is 0.711. The molecule has 1 N–H and O–H groups in total. The highest BCUT2D eigenvalue weighted by Gasteiger charge is 2.36. The Bertz CT molecular complexity index is 1340. The van der Waals surface area contributed by atoms with Crippen molar-refractivity contribution in [3.63, 3.8) is 0 Å². The Kier molecular flexibility index (Phi) is 6.83. The van der Waals surface area contributed by atoms with Crippen molar-refractivity contribution in [1.82, 2.24) is 4.90 Å². The van der Waals surface area contributed by atoms with Gasteiger partial charge in [-0.2, -0.15) is 0 Å². The zero-order valence-corrected chi connectivity index (χ0v) is 19.7. The molecule has 35 heavy (non-hydrogen) atoms. The maximum Gasteiger partial charge on any atom is 0.294 e. The van der Waals surface area contributed by atoms with Crippen LogP contribution in [0.1, 0.15) is 31.1 Å². The molecule has 3 amide bonds. The van der Waals surface area contributed by atoms with E-state index in [1.807, 2.05) is 12.1 Å². The number of benzene rings is 2. The van der Waals surface area contributed by atoms with Crippen LogP contribution >= 0.6 is 11.8 Å². The SMILES string of the molecule is CC(C)c1ccc(NC(=O)CN2C(=O)S/C(=C/c3ccc(-c4cccc([N+](=O)[O-])c4)o3)C2=O)cc1. The topological polar surface area (TPSA) is 123 Å². The molecule has 1 aliphatic heterocycles. The molecular formula is C25H21N3O6S. The van der Waals surface area contributed by atoms with Crippen LogP contribution in [0, 0.1) is 10.1 Å². The van der Waals surface area contributed by atoms with Gasteiger partial charge < -0.3 is 9.73 Å². The molecule has 0 atom stereocenters. The normalized spacial score (nSPS) is 14.7. The van der Waals surface area contributed by atoms with E-state index < -0.39 is 28.5 Å². The zero-order valence-electron chi connectivity index (χ0n) is 18.9. The Hall–Kier alpha value is -4.18. The number of hydrogen-bond donors (Lipinski definition) is 1. The number of nitrogens with one attached hydrogen (secondary N) is 1. The second-order valence-electron chi connectivity index (χ2n) is 8.10. The van der Waals surface area contributed by atoms with Gasteiger partial charge in [0.2, 0.25) is 5.91 Å². The summed E-state index contributed by atoms with van der Waals surface area (Å²) in [7, 11) is 0. The highest BCUT2D eigenvalue weighted by molar-refractivity contribution is 8.18. The minimum Gasteiger partial charge on any atom is -0.457 e. The maximum atomic E-state index is 12.7. The van der Waals surface area contributed by atoms with Crippen molar-refractivity contribution < 1.29 is 23.7 Å². The number of nitro groups is 1. The fourth-order valence-electron chi connectivity index (χ4n) is 3.42. The van der Waals surface area contributed by atoms with Gasteiger partial charge in [0.25, 0.3) is 16.8 Å². The standard InChI is InChI=1S/C25H21N3O6S/c1-15(2)16-6-8-18(9-7-16)26-23(29)14-27-24(30)22(35-25(27)31)13-20-10-11-21(34-20)17-4-3-5-19(12-17)28(32)33/h3-13,15H,14H2,1-2H3,(H,26,29)/b22-13+. The van der Waals surface area contributed by atoms with Crippen molar-refractivity contribution in [1.29, 1.82) is 0 Å². The van der Waals surface area contributed by atoms with Crippen molar-refractivity contribution in [2.45, 2.75) is 19.8 Å². The van der Waals surface area contributed by atoms with Crippen molar-refractivity contribution in [3.8, 4) is 11.3 Å². The van der Waals surface area contributed by atoms with E-state index in [4.69, 9.17) is 4.42 Å². The third-order valence-corrected chi connectivity index (χ3v) is 6.19. The van der Waals surface area contributed by atoms with Crippen LogP contribution in [0.2, 0.25) is 0 Å². The molecule has 0 aliphatic carbocycles. The number of amides is 3. The summed E-state index contributed by atoms with van der Waals surface area (Å²) < 4.78 is 5.70. The number of nitro benzene ring substituents is 1. The summed E-state index contributed by atoms with van der Waals surface area (Å²) in [6.07, 6.45) is 1.41. The van der Waals surface area contributed by atoms with Crippen LogP contribution in [-0.2, 0) is 9.59 Å². The largest absolute Gasteiger partial charge is 0.457 e. The number of rotatable bonds is 7. The summed E-state index contributed by atoms with van der Waals surface area (Å²) in [5, 5.41) is 13.1. The van der Waals surface area contributed by atoms with Crippen molar-refractivity contribution in [3.05, 3.63) is 87.0 Å². The fourth-order valence-corrected chi connectivity index (χ4v) is 4.24. The average molecular weight is 492 g/mol. The zero-order chi connectivity index (χ0) is 25.1. The minimum atomic E-state index is -0.599. The van der Waals surface area contributed by atoms with E-state index in [1.165, 1.54) is 18.2 Å². The molecule has 10 heteroatoms. The van der Waals surface area contributed by atoms with E-state index in [9.17, 15) is 24.5 Å². The van der Waals surface area contributed by atoms with Gasteiger partial charge in [-0.05, 0) is 47.5 Å². The number of carbonyl (C=O) groups is 3. The molecule has 2 heterocycles. The first-order valence-corrected chi connectivity index (χ1v) is 11.5. The molecule has 1 aromatic heterocycles. The van der Waals surface area contributed by atoms with Crippen LogP contribution in [0.4, 0.5) is 16.2 Å². The number of furan rings is 1. The van der Waals surface area contributed by atoms with E-state index in [0.717, 1.165) is 10.5 Å². The van der Waals surface area contributed by atoms with Gasteiger partial charge in [0.1, 0.15) is 18.1 Å². The molecule has 1 fully saturated rings. The predicted octanol–water partition coefficient (Wildman–Crippen LogP) is 5.65. The smallest absolute Gasteiger partial charge is 0.294 e. The Morgan fingerprint density at radius 3 is 2.57 bits per heavy atom. The van der Waals surface area contributed by atoms with E-state index in [0.29, 0.717) is 40.5 Å². The Labute approximate surface area is 204 Å².